The first kappa shape index (κ1) is 18.5. The number of hydrogen-bond donors (Lipinski definition) is 1. The lowest BCUT2D eigenvalue weighted by atomic mass is 10.1. The molecule has 7 heteroatoms. The van der Waals surface area contributed by atoms with E-state index in [0.717, 1.165) is 22.8 Å². The average molecular weight is 395 g/mol. The number of benzene rings is 2. The Morgan fingerprint density at radius 1 is 0.964 bits per heavy atom. The van der Waals surface area contributed by atoms with Gasteiger partial charge in [-0.3, -0.25) is 0 Å². The molecule has 0 spiro atoms. The summed E-state index contributed by atoms with van der Waals surface area (Å²) in [6.07, 6.45) is 1.61. The smallest absolute Gasteiger partial charge is 0.268 e. The molecule has 0 unspecified atom stereocenters. The average Bonchev–Trinajstić information content (AvgIpc) is 3.15. The van der Waals surface area contributed by atoms with Crippen LogP contribution in [-0.4, -0.2) is 49.5 Å². The van der Waals surface area contributed by atoms with Crippen molar-refractivity contribution in [2.75, 3.05) is 32.5 Å². The predicted octanol–water partition coefficient (Wildman–Crippen LogP) is 3.40. The Morgan fingerprint density at radius 3 is 2.43 bits per heavy atom. The van der Waals surface area contributed by atoms with Crippen LogP contribution in [0.5, 0.6) is 0 Å². The summed E-state index contributed by atoms with van der Waals surface area (Å²) in [6, 6.07) is 17.9. The minimum Gasteiger partial charge on any atom is -0.368 e. The van der Waals surface area contributed by atoms with Crippen molar-refractivity contribution in [1.82, 2.24) is 13.9 Å². The normalized spacial score (nSPS) is 12.1. The van der Waals surface area contributed by atoms with Crippen molar-refractivity contribution >= 4 is 37.6 Å². The number of pyridine rings is 1. The molecule has 144 valence electrons. The summed E-state index contributed by atoms with van der Waals surface area (Å²) >= 11 is 0. The highest BCUT2D eigenvalue weighted by atomic mass is 32.2. The van der Waals surface area contributed by atoms with Gasteiger partial charge in [0.15, 0.2) is 0 Å². The summed E-state index contributed by atoms with van der Waals surface area (Å²) in [5, 5.41) is 4.95. The molecule has 1 N–H and O–H groups in total. The van der Waals surface area contributed by atoms with Gasteiger partial charge in [0, 0.05) is 30.1 Å². The van der Waals surface area contributed by atoms with E-state index in [9.17, 15) is 8.42 Å². The number of fused-ring (bicyclic) bond motifs is 3. The van der Waals surface area contributed by atoms with Gasteiger partial charge in [-0.2, -0.15) is 0 Å². The second-order valence-corrected chi connectivity index (χ2v) is 8.71. The molecule has 2 aromatic carbocycles. The Bertz CT molecular complexity index is 1230. The van der Waals surface area contributed by atoms with Crippen molar-refractivity contribution in [3.8, 4) is 0 Å². The SMILES string of the molecule is CN(C)CCNc1nc2ccccc2c2c1ccn2S(=O)(=O)c1ccccc1. The van der Waals surface area contributed by atoms with Crippen LogP contribution in [0.15, 0.2) is 71.8 Å². The van der Waals surface area contributed by atoms with Gasteiger partial charge >= 0.3 is 0 Å². The highest BCUT2D eigenvalue weighted by molar-refractivity contribution is 7.90. The third kappa shape index (κ3) is 3.23. The van der Waals surface area contributed by atoms with Crippen LogP contribution < -0.4 is 5.32 Å². The number of nitrogens with one attached hydrogen (secondary N) is 1. The van der Waals surface area contributed by atoms with Gasteiger partial charge in [0.2, 0.25) is 0 Å². The fourth-order valence-corrected chi connectivity index (χ4v) is 4.65. The number of para-hydroxylation sites is 1. The Morgan fingerprint density at radius 2 is 1.68 bits per heavy atom. The van der Waals surface area contributed by atoms with Crippen molar-refractivity contribution in [3.05, 3.63) is 66.9 Å². The fourth-order valence-electron chi connectivity index (χ4n) is 3.26. The van der Waals surface area contributed by atoms with E-state index in [4.69, 9.17) is 4.98 Å². The lowest BCUT2D eigenvalue weighted by Gasteiger charge is -2.14. The summed E-state index contributed by atoms with van der Waals surface area (Å²) < 4.78 is 27.9. The largest absolute Gasteiger partial charge is 0.368 e. The molecule has 4 rings (SSSR count). The fraction of sp³-hybridized carbons (Fsp3) is 0.190. The first-order valence-electron chi connectivity index (χ1n) is 9.07. The van der Waals surface area contributed by atoms with E-state index in [-0.39, 0.29) is 4.90 Å². The van der Waals surface area contributed by atoms with Crippen LogP contribution in [0.25, 0.3) is 21.8 Å². The van der Waals surface area contributed by atoms with Gasteiger partial charge in [-0.25, -0.2) is 17.4 Å². The molecule has 0 bridgehead atoms. The monoisotopic (exact) mass is 394 g/mol. The molecular formula is C21H22N4O2S. The van der Waals surface area contributed by atoms with E-state index in [1.807, 2.05) is 44.4 Å². The van der Waals surface area contributed by atoms with Crippen molar-refractivity contribution < 1.29 is 8.42 Å². The Balaban J connectivity index is 1.93. The van der Waals surface area contributed by atoms with Crippen LogP contribution >= 0.6 is 0 Å². The molecule has 0 fully saturated rings. The van der Waals surface area contributed by atoms with Gasteiger partial charge in [-0.1, -0.05) is 36.4 Å². The molecule has 0 saturated carbocycles. The minimum absolute atomic E-state index is 0.260. The molecule has 4 aromatic rings. The van der Waals surface area contributed by atoms with Gasteiger partial charge in [0.05, 0.1) is 15.9 Å². The molecule has 0 radical (unpaired) electrons. The molecule has 2 aromatic heterocycles. The zero-order chi connectivity index (χ0) is 19.7. The summed E-state index contributed by atoms with van der Waals surface area (Å²) in [7, 11) is 0.304. The van der Waals surface area contributed by atoms with E-state index in [0.29, 0.717) is 17.9 Å². The first-order valence-corrected chi connectivity index (χ1v) is 10.5. The lowest BCUT2D eigenvalue weighted by Crippen LogP contribution is -2.21. The van der Waals surface area contributed by atoms with Crippen molar-refractivity contribution in [2.45, 2.75) is 4.90 Å². The molecule has 0 saturated heterocycles. The minimum atomic E-state index is -3.71. The molecule has 28 heavy (non-hydrogen) atoms. The summed E-state index contributed by atoms with van der Waals surface area (Å²) in [4.78, 5) is 7.07. The van der Waals surface area contributed by atoms with Crippen LogP contribution in [0.2, 0.25) is 0 Å². The Hall–Kier alpha value is -2.90. The van der Waals surface area contributed by atoms with E-state index in [1.165, 1.54) is 3.97 Å². The predicted molar refractivity (Wildman–Crippen MR) is 113 cm³/mol. The molecule has 0 aliphatic carbocycles. The highest BCUT2D eigenvalue weighted by Gasteiger charge is 2.21. The second-order valence-electron chi connectivity index (χ2n) is 6.90. The van der Waals surface area contributed by atoms with Crippen LogP contribution in [0.4, 0.5) is 5.82 Å². The van der Waals surface area contributed by atoms with Crippen molar-refractivity contribution in [2.24, 2.45) is 0 Å². The second kappa shape index (κ2) is 7.26. The highest BCUT2D eigenvalue weighted by Crippen LogP contribution is 2.32. The zero-order valence-electron chi connectivity index (χ0n) is 15.8. The quantitative estimate of drug-likeness (QED) is 0.543. The maximum Gasteiger partial charge on any atom is 0.268 e. The molecular weight excluding hydrogens is 372 g/mol. The molecule has 0 aliphatic heterocycles. The maximum atomic E-state index is 13.3. The topological polar surface area (TPSA) is 67.2 Å². The van der Waals surface area contributed by atoms with Crippen LogP contribution in [0.1, 0.15) is 0 Å². The van der Waals surface area contributed by atoms with Gasteiger partial charge in [0.25, 0.3) is 10.0 Å². The van der Waals surface area contributed by atoms with E-state index in [1.54, 1.807) is 36.5 Å². The van der Waals surface area contributed by atoms with Crippen molar-refractivity contribution in [3.63, 3.8) is 0 Å². The van der Waals surface area contributed by atoms with Gasteiger partial charge in [0.1, 0.15) is 5.82 Å². The van der Waals surface area contributed by atoms with E-state index < -0.39 is 10.0 Å². The molecule has 0 amide bonds. The number of hydrogen-bond acceptors (Lipinski definition) is 5. The zero-order valence-corrected chi connectivity index (χ0v) is 16.6. The Labute approximate surface area is 164 Å². The number of rotatable bonds is 6. The van der Waals surface area contributed by atoms with Crippen LogP contribution in [0, 0.1) is 0 Å². The maximum absolute atomic E-state index is 13.3. The first-order chi connectivity index (χ1) is 13.5. The van der Waals surface area contributed by atoms with E-state index >= 15 is 0 Å². The van der Waals surface area contributed by atoms with Gasteiger partial charge in [-0.05, 0) is 38.4 Å². The van der Waals surface area contributed by atoms with Gasteiger partial charge < -0.3 is 10.2 Å². The molecule has 0 aliphatic rings. The lowest BCUT2D eigenvalue weighted by molar-refractivity contribution is 0.425. The number of nitrogens with zero attached hydrogens (tertiary/aromatic N) is 3. The standard InChI is InChI=1S/C21H22N4O2S/c1-24(2)15-13-22-21-18-12-14-25(28(26,27)16-8-4-3-5-9-16)20(18)17-10-6-7-11-19(17)23-21/h3-12,14H,13,15H2,1-2H3,(H,22,23). The summed E-state index contributed by atoms with van der Waals surface area (Å²) in [5.74, 6) is 0.692. The van der Waals surface area contributed by atoms with Crippen LogP contribution in [0.3, 0.4) is 0 Å². The Kier molecular flexibility index (Phi) is 4.78. The number of anilines is 1. The van der Waals surface area contributed by atoms with Crippen molar-refractivity contribution in [1.29, 1.82) is 0 Å². The molecule has 0 atom stereocenters. The molecule has 2 heterocycles. The summed E-state index contributed by atoms with van der Waals surface area (Å²) in [5.41, 5.74) is 1.40. The third-order valence-corrected chi connectivity index (χ3v) is 6.34. The third-order valence-electron chi connectivity index (χ3n) is 4.65. The molecule has 6 nitrogen and oxygen atoms in total. The van der Waals surface area contributed by atoms with Gasteiger partial charge in [-0.15, -0.1) is 0 Å². The summed E-state index contributed by atoms with van der Waals surface area (Å²) in [6.45, 7) is 1.56. The number of aromatic nitrogens is 2. The number of likely N-dealkylation sites (N-methyl/N-ethyl adjacent to an activating group) is 1. The van der Waals surface area contributed by atoms with Crippen LogP contribution in [-0.2, 0) is 10.0 Å². The van der Waals surface area contributed by atoms with E-state index in [2.05, 4.69) is 10.2 Å².